The van der Waals surface area contributed by atoms with Gasteiger partial charge in [-0.05, 0) is 56.7 Å². The normalized spacial score (nSPS) is 11.2. The van der Waals surface area contributed by atoms with Crippen molar-refractivity contribution in [2.24, 2.45) is 0 Å². The standard InChI is InChI=1S/C20H26N4O/c1-14-13-17-7-4-5-9-19(17)24(14)12-10-20(25)21-11-6-8-18-15(2)22-23-16(18)3/h4-5,7,9,13H,6,8,10-12H2,1-3H3,(H,21,25)(H,22,23). The molecular weight excluding hydrogens is 312 g/mol. The molecule has 0 spiro atoms. The van der Waals surface area contributed by atoms with E-state index < -0.39 is 0 Å². The van der Waals surface area contributed by atoms with Crippen molar-refractivity contribution in [2.75, 3.05) is 6.54 Å². The van der Waals surface area contributed by atoms with Crippen molar-refractivity contribution in [3.63, 3.8) is 0 Å². The number of carbonyl (C=O) groups excluding carboxylic acids is 1. The summed E-state index contributed by atoms with van der Waals surface area (Å²) in [5.74, 6) is 0.109. The number of hydrogen-bond acceptors (Lipinski definition) is 2. The van der Waals surface area contributed by atoms with Crippen LogP contribution in [0.1, 0.15) is 35.5 Å². The third kappa shape index (κ3) is 3.92. The SMILES string of the molecule is Cc1n[nH]c(C)c1CCCNC(=O)CCn1c(C)cc2ccccc21. The largest absolute Gasteiger partial charge is 0.356 e. The average Bonchev–Trinajstić information content (AvgIpc) is 3.09. The zero-order valence-electron chi connectivity index (χ0n) is 15.2. The van der Waals surface area contributed by atoms with Gasteiger partial charge in [0.1, 0.15) is 0 Å². The zero-order valence-corrected chi connectivity index (χ0v) is 15.2. The van der Waals surface area contributed by atoms with Crippen LogP contribution in [-0.2, 0) is 17.8 Å². The number of amides is 1. The van der Waals surface area contributed by atoms with Crippen LogP contribution in [0.2, 0.25) is 0 Å². The number of carbonyl (C=O) groups is 1. The second-order valence-electron chi connectivity index (χ2n) is 6.61. The second kappa shape index (κ2) is 7.55. The average molecular weight is 338 g/mol. The van der Waals surface area contributed by atoms with E-state index in [4.69, 9.17) is 0 Å². The molecule has 0 atom stereocenters. The molecule has 0 fully saturated rings. The smallest absolute Gasteiger partial charge is 0.221 e. The van der Waals surface area contributed by atoms with Gasteiger partial charge in [0.2, 0.25) is 5.91 Å². The van der Waals surface area contributed by atoms with Crippen LogP contribution in [-0.4, -0.2) is 27.2 Å². The second-order valence-corrected chi connectivity index (χ2v) is 6.61. The molecule has 0 aliphatic carbocycles. The van der Waals surface area contributed by atoms with E-state index in [0.29, 0.717) is 19.5 Å². The molecule has 3 rings (SSSR count). The minimum Gasteiger partial charge on any atom is -0.356 e. The maximum Gasteiger partial charge on any atom is 0.221 e. The molecule has 132 valence electrons. The predicted octanol–water partition coefficient (Wildman–Crippen LogP) is 3.43. The maximum atomic E-state index is 12.1. The van der Waals surface area contributed by atoms with Crippen molar-refractivity contribution in [3.8, 4) is 0 Å². The molecule has 0 saturated heterocycles. The van der Waals surface area contributed by atoms with Crippen molar-refractivity contribution < 1.29 is 4.79 Å². The first-order valence-corrected chi connectivity index (χ1v) is 8.88. The number of nitrogens with one attached hydrogen (secondary N) is 2. The summed E-state index contributed by atoms with van der Waals surface area (Å²) in [6.07, 6.45) is 2.37. The Labute approximate surface area is 148 Å². The number of H-pyrrole nitrogens is 1. The molecule has 0 saturated carbocycles. The van der Waals surface area contributed by atoms with Gasteiger partial charge in [-0.25, -0.2) is 0 Å². The topological polar surface area (TPSA) is 62.7 Å². The number of aromatic amines is 1. The summed E-state index contributed by atoms with van der Waals surface area (Å²) >= 11 is 0. The molecule has 0 aliphatic heterocycles. The number of nitrogens with zero attached hydrogens (tertiary/aromatic N) is 2. The Morgan fingerprint density at radius 3 is 2.80 bits per heavy atom. The van der Waals surface area contributed by atoms with Crippen LogP contribution in [0, 0.1) is 20.8 Å². The first kappa shape index (κ1) is 17.3. The van der Waals surface area contributed by atoms with Gasteiger partial charge in [-0.3, -0.25) is 9.89 Å². The van der Waals surface area contributed by atoms with E-state index in [2.05, 4.69) is 45.2 Å². The monoisotopic (exact) mass is 338 g/mol. The lowest BCUT2D eigenvalue weighted by molar-refractivity contribution is -0.121. The Morgan fingerprint density at radius 1 is 1.24 bits per heavy atom. The van der Waals surface area contributed by atoms with Gasteiger partial charge in [0.25, 0.3) is 0 Å². The Balaban J connectivity index is 1.46. The van der Waals surface area contributed by atoms with E-state index in [9.17, 15) is 4.79 Å². The quantitative estimate of drug-likeness (QED) is 0.648. The van der Waals surface area contributed by atoms with Crippen LogP contribution in [0.25, 0.3) is 10.9 Å². The highest BCUT2D eigenvalue weighted by Gasteiger charge is 2.08. The van der Waals surface area contributed by atoms with E-state index in [1.54, 1.807) is 0 Å². The van der Waals surface area contributed by atoms with Gasteiger partial charge in [0.15, 0.2) is 0 Å². The lowest BCUT2D eigenvalue weighted by atomic mass is 10.1. The van der Waals surface area contributed by atoms with E-state index in [1.165, 1.54) is 22.2 Å². The van der Waals surface area contributed by atoms with Crippen molar-refractivity contribution >= 4 is 16.8 Å². The summed E-state index contributed by atoms with van der Waals surface area (Å²) in [4.78, 5) is 12.1. The summed E-state index contributed by atoms with van der Waals surface area (Å²) in [5, 5.41) is 11.5. The third-order valence-electron chi connectivity index (χ3n) is 4.79. The molecule has 5 heteroatoms. The number of fused-ring (bicyclic) bond motifs is 1. The lowest BCUT2D eigenvalue weighted by Crippen LogP contribution is -2.25. The summed E-state index contributed by atoms with van der Waals surface area (Å²) in [5.41, 5.74) is 5.83. The van der Waals surface area contributed by atoms with Crippen molar-refractivity contribution in [2.45, 2.75) is 46.6 Å². The number of para-hydroxylation sites is 1. The van der Waals surface area contributed by atoms with Crippen molar-refractivity contribution in [1.82, 2.24) is 20.1 Å². The van der Waals surface area contributed by atoms with E-state index in [0.717, 1.165) is 24.2 Å². The fraction of sp³-hybridized carbons (Fsp3) is 0.400. The molecule has 0 unspecified atom stereocenters. The third-order valence-corrected chi connectivity index (χ3v) is 4.79. The highest BCUT2D eigenvalue weighted by molar-refractivity contribution is 5.81. The van der Waals surface area contributed by atoms with Crippen LogP contribution in [0.5, 0.6) is 0 Å². The highest BCUT2D eigenvalue weighted by atomic mass is 16.1. The van der Waals surface area contributed by atoms with Crippen LogP contribution in [0.15, 0.2) is 30.3 Å². The number of rotatable bonds is 7. The fourth-order valence-corrected chi connectivity index (χ4v) is 3.38. The van der Waals surface area contributed by atoms with E-state index >= 15 is 0 Å². The molecule has 3 aromatic rings. The predicted molar refractivity (Wildman–Crippen MR) is 101 cm³/mol. The molecule has 2 N–H and O–H groups in total. The lowest BCUT2D eigenvalue weighted by Gasteiger charge is -2.09. The molecular formula is C20H26N4O. The molecule has 2 aromatic heterocycles. The van der Waals surface area contributed by atoms with Gasteiger partial charge in [0.05, 0.1) is 5.69 Å². The number of aromatic nitrogens is 3. The van der Waals surface area contributed by atoms with Gasteiger partial charge in [-0.2, -0.15) is 5.10 Å². The van der Waals surface area contributed by atoms with Gasteiger partial charge < -0.3 is 9.88 Å². The molecule has 5 nitrogen and oxygen atoms in total. The fourth-order valence-electron chi connectivity index (χ4n) is 3.38. The van der Waals surface area contributed by atoms with Crippen LogP contribution >= 0.6 is 0 Å². The molecule has 0 aliphatic rings. The molecule has 0 bridgehead atoms. The van der Waals surface area contributed by atoms with Gasteiger partial charge in [-0.1, -0.05) is 18.2 Å². The van der Waals surface area contributed by atoms with Gasteiger partial charge in [-0.15, -0.1) is 0 Å². The van der Waals surface area contributed by atoms with E-state index in [-0.39, 0.29) is 5.91 Å². The number of hydrogen-bond donors (Lipinski definition) is 2. The maximum absolute atomic E-state index is 12.1. The Hall–Kier alpha value is -2.56. The Morgan fingerprint density at radius 2 is 2.04 bits per heavy atom. The first-order valence-electron chi connectivity index (χ1n) is 8.88. The van der Waals surface area contributed by atoms with Crippen molar-refractivity contribution in [3.05, 3.63) is 53.0 Å². The minimum absolute atomic E-state index is 0.109. The van der Waals surface area contributed by atoms with Gasteiger partial charge in [0, 0.05) is 36.4 Å². The molecule has 1 amide bonds. The molecule has 25 heavy (non-hydrogen) atoms. The van der Waals surface area contributed by atoms with Crippen LogP contribution in [0.3, 0.4) is 0 Å². The molecule has 2 heterocycles. The zero-order chi connectivity index (χ0) is 17.8. The van der Waals surface area contributed by atoms with Gasteiger partial charge >= 0.3 is 0 Å². The summed E-state index contributed by atoms with van der Waals surface area (Å²) in [6.45, 7) is 7.56. The van der Waals surface area contributed by atoms with Crippen LogP contribution in [0.4, 0.5) is 0 Å². The Kier molecular flexibility index (Phi) is 5.22. The minimum atomic E-state index is 0.109. The van der Waals surface area contributed by atoms with Crippen LogP contribution < -0.4 is 5.32 Å². The van der Waals surface area contributed by atoms with E-state index in [1.807, 2.05) is 26.0 Å². The Bertz CT molecular complexity index is 856. The highest BCUT2D eigenvalue weighted by Crippen LogP contribution is 2.19. The van der Waals surface area contributed by atoms with Crippen molar-refractivity contribution in [1.29, 1.82) is 0 Å². The molecule has 1 aromatic carbocycles. The summed E-state index contributed by atoms with van der Waals surface area (Å²) < 4.78 is 2.22. The number of benzene rings is 1. The molecule has 0 radical (unpaired) electrons. The summed E-state index contributed by atoms with van der Waals surface area (Å²) in [6, 6.07) is 10.5. The number of aryl methyl sites for hydroxylation is 4. The summed E-state index contributed by atoms with van der Waals surface area (Å²) in [7, 11) is 0. The first-order chi connectivity index (χ1) is 12.1.